The zero-order chi connectivity index (χ0) is 12.2. The zero-order valence-electron chi connectivity index (χ0n) is 7.42. The van der Waals surface area contributed by atoms with Crippen LogP contribution in [-0.4, -0.2) is 67.4 Å². The number of nitrogens with zero attached hydrogens (tertiary/aromatic N) is 1. The predicted molar refractivity (Wildman–Crippen MR) is 43.1 cm³/mol. The van der Waals surface area contributed by atoms with Crippen molar-refractivity contribution in [3.05, 3.63) is 10.1 Å². The minimum atomic E-state index is -2.46. The molecular formula is C6H11NO8. The van der Waals surface area contributed by atoms with Crippen LogP contribution in [0.4, 0.5) is 0 Å². The molecule has 9 nitrogen and oxygen atoms in total. The van der Waals surface area contributed by atoms with Gasteiger partial charge >= 0.3 is 5.91 Å². The van der Waals surface area contributed by atoms with Gasteiger partial charge in [-0.15, -0.1) is 0 Å². The molecule has 0 aromatic rings. The minimum Gasteiger partial charge on any atom is -0.394 e. The lowest BCUT2D eigenvalue weighted by atomic mass is 10.0. The van der Waals surface area contributed by atoms with Gasteiger partial charge < -0.3 is 25.5 Å². The van der Waals surface area contributed by atoms with Crippen LogP contribution in [0.3, 0.4) is 0 Å². The molecule has 0 aromatic carbocycles. The summed E-state index contributed by atoms with van der Waals surface area (Å²) >= 11 is 0. The van der Waals surface area contributed by atoms with E-state index in [0.29, 0.717) is 0 Å². The molecule has 5 N–H and O–H groups in total. The Morgan fingerprint density at radius 2 is 1.67 bits per heavy atom. The van der Waals surface area contributed by atoms with Crippen LogP contribution in [0, 0.1) is 10.1 Å². The van der Waals surface area contributed by atoms with Gasteiger partial charge in [0.25, 0.3) is 0 Å². The van der Waals surface area contributed by atoms with E-state index in [-0.39, 0.29) is 0 Å². The maximum Gasteiger partial charge on any atom is 0.475 e. The Balaban J connectivity index is 4.50. The number of hydrogen-bond acceptors (Lipinski definition) is 8. The standard InChI is InChI=1S/C6H11NO8/c8-1-2(9)3(10)4(11)5(12)6(13)7(14)15/h2-5,8-12H,1H2/t2-,3-,4+,5-/m1/s1. The SMILES string of the molecule is O=C([C@H](O)[C@@H](O)[C@H](O)[C@H](O)CO)[N+](=O)[O-]. The van der Waals surface area contributed by atoms with Crippen molar-refractivity contribution in [1.82, 2.24) is 0 Å². The lowest BCUT2D eigenvalue weighted by Crippen LogP contribution is -2.50. The van der Waals surface area contributed by atoms with E-state index in [9.17, 15) is 14.9 Å². The van der Waals surface area contributed by atoms with Crippen molar-refractivity contribution in [3.63, 3.8) is 0 Å². The molecule has 4 atom stereocenters. The van der Waals surface area contributed by atoms with Gasteiger partial charge in [0, 0.05) is 0 Å². The minimum absolute atomic E-state index is 0.933. The third-order valence-electron chi connectivity index (χ3n) is 1.69. The van der Waals surface area contributed by atoms with E-state index >= 15 is 0 Å². The molecule has 0 bridgehead atoms. The highest BCUT2D eigenvalue weighted by Crippen LogP contribution is 2.06. The average molecular weight is 225 g/mol. The Bertz CT molecular complexity index is 243. The third-order valence-corrected chi connectivity index (χ3v) is 1.69. The summed E-state index contributed by atoms with van der Waals surface area (Å²) in [5.41, 5.74) is 0. The maximum absolute atomic E-state index is 10.5. The molecule has 0 saturated heterocycles. The molecular weight excluding hydrogens is 214 g/mol. The lowest BCUT2D eigenvalue weighted by Gasteiger charge is -2.22. The second-order valence-electron chi connectivity index (χ2n) is 2.77. The van der Waals surface area contributed by atoms with E-state index < -0.39 is 41.9 Å². The first-order chi connectivity index (χ1) is 6.82. The number of hydrogen-bond donors (Lipinski definition) is 5. The average Bonchev–Trinajstić information content (AvgIpc) is 2.23. The summed E-state index contributed by atoms with van der Waals surface area (Å²) in [6.45, 7) is -0.933. The van der Waals surface area contributed by atoms with Crippen molar-refractivity contribution in [2.75, 3.05) is 6.61 Å². The molecule has 0 radical (unpaired) electrons. The summed E-state index contributed by atoms with van der Waals surface area (Å²) in [4.78, 5) is 19.0. The van der Waals surface area contributed by atoms with Gasteiger partial charge in [-0.1, -0.05) is 0 Å². The Morgan fingerprint density at radius 1 is 1.20 bits per heavy atom. The second kappa shape index (κ2) is 5.68. The molecule has 0 rings (SSSR count). The van der Waals surface area contributed by atoms with Gasteiger partial charge in [0.05, 0.1) is 6.61 Å². The molecule has 0 heterocycles. The van der Waals surface area contributed by atoms with Gasteiger partial charge in [-0.25, -0.2) is 4.79 Å². The van der Waals surface area contributed by atoms with Gasteiger partial charge in [-0.3, -0.25) is 10.1 Å². The van der Waals surface area contributed by atoms with E-state index in [2.05, 4.69) is 0 Å². The van der Waals surface area contributed by atoms with E-state index in [1.54, 1.807) is 0 Å². The first-order valence-electron chi connectivity index (χ1n) is 3.84. The van der Waals surface area contributed by atoms with Crippen molar-refractivity contribution in [3.8, 4) is 0 Å². The van der Waals surface area contributed by atoms with Crippen LogP contribution >= 0.6 is 0 Å². The fraction of sp³-hybridized carbons (Fsp3) is 0.833. The number of rotatable bonds is 5. The van der Waals surface area contributed by atoms with Crippen molar-refractivity contribution in [2.24, 2.45) is 0 Å². The fourth-order valence-electron chi connectivity index (χ4n) is 0.776. The summed E-state index contributed by atoms with van der Waals surface area (Å²) in [6, 6.07) is 0. The van der Waals surface area contributed by atoms with E-state index in [0.717, 1.165) is 0 Å². The Labute approximate surface area is 83.3 Å². The molecule has 9 heteroatoms. The highest BCUT2D eigenvalue weighted by Gasteiger charge is 2.39. The molecule has 0 spiro atoms. The molecule has 1 amide bonds. The van der Waals surface area contributed by atoms with Gasteiger partial charge in [0.2, 0.25) is 6.10 Å². The van der Waals surface area contributed by atoms with Crippen LogP contribution in [0.25, 0.3) is 0 Å². The van der Waals surface area contributed by atoms with E-state index in [1.165, 1.54) is 0 Å². The summed E-state index contributed by atoms with van der Waals surface area (Å²) in [6.07, 6.45) is -8.58. The smallest absolute Gasteiger partial charge is 0.394 e. The van der Waals surface area contributed by atoms with Crippen molar-refractivity contribution in [2.45, 2.75) is 24.4 Å². The van der Waals surface area contributed by atoms with E-state index in [1.807, 2.05) is 0 Å². The van der Waals surface area contributed by atoms with Gasteiger partial charge in [-0.05, 0) is 0 Å². The van der Waals surface area contributed by atoms with Gasteiger partial charge in [0.15, 0.2) is 0 Å². The molecule has 88 valence electrons. The molecule has 0 aromatic heterocycles. The van der Waals surface area contributed by atoms with Gasteiger partial charge in [-0.2, -0.15) is 0 Å². The number of aliphatic hydroxyl groups excluding tert-OH is 5. The van der Waals surface area contributed by atoms with Crippen LogP contribution in [0.15, 0.2) is 0 Å². The lowest BCUT2D eigenvalue weighted by molar-refractivity contribution is -0.411. The first-order valence-corrected chi connectivity index (χ1v) is 3.84. The summed E-state index contributed by atoms with van der Waals surface area (Å²) in [7, 11) is 0. The summed E-state index contributed by atoms with van der Waals surface area (Å²) in [5, 5.41) is 54.0. The van der Waals surface area contributed by atoms with Crippen LogP contribution in [0.2, 0.25) is 0 Å². The number of nitro groups is 1. The molecule has 0 unspecified atom stereocenters. The number of aliphatic hydroxyl groups is 5. The quantitative estimate of drug-likeness (QED) is 0.235. The van der Waals surface area contributed by atoms with Crippen LogP contribution < -0.4 is 0 Å². The molecule has 0 aliphatic rings. The molecule has 0 aliphatic heterocycles. The van der Waals surface area contributed by atoms with Crippen LogP contribution in [0.1, 0.15) is 0 Å². The van der Waals surface area contributed by atoms with Crippen molar-refractivity contribution in [1.29, 1.82) is 0 Å². The molecule has 15 heavy (non-hydrogen) atoms. The Kier molecular flexibility index (Phi) is 5.25. The molecule has 0 fully saturated rings. The largest absolute Gasteiger partial charge is 0.475 e. The van der Waals surface area contributed by atoms with Crippen LogP contribution in [-0.2, 0) is 4.79 Å². The second-order valence-corrected chi connectivity index (χ2v) is 2.77. The zero-order valence-corrected chi connectivity index (χ0v) is 7.42. The highest BCUT2D eigenvalue weighted by molar-refractivity contribution is 5.73. The first kappa shape index (κ1) is 13.9. The van der Waals surface area contributed by atoms with Crippen molar-refractivity contribution >= 4 is 5.91 Å². The third kappa shape index (κ3) is 3.49. The van der Waals surface area contributed by atoms with Crippen LogP contribution in [0.5, 0.6) is 0 Å². The summed E-state index contributed by atoms with van der Waals surface area (Å²) < 4.78 is 0. The number of amides is 1. The predicted octanol–water partition coefficient (Wildman–Crippen LogP) is -3.77. The van der Waals surface area contributed by atoms with E-state index in [4.69, 9.17) is 25.5 Å². The van der Waals surface area contributed by atoms with Crippen molar-refractivity contribution < 1.29 is 35.3 Å². The highest BCUT2D eigenvalue weighted by atomic mass is 16.6. The maximum atomic E-state index is 10.5. The molecule has 0 aliphatic carbocycles. The Hall–Kier alpha value is -1.13. The van der Waals surface area contributed by atoms with Gasteiger partial charge in [0.1, 0.15) is 23.2 Å². The Morgan fingerprint density at radius 3 is 2.00 bits per heavy atom. The summed E-state index contributed by atoms with van der Waals surface area (Å²) in [5.74, 6) is -1.91. The molecule has 0 saturated carbocycles. The fourth-order valence-corrected chi connectivity index (χ4v) is 0.776. The number of carbonyl (C=O) groups is 1. The topological polar surface area (TPSA) is 161 Å². The normalized spacial score (nSPS) is 19.0. The number of carbonyl (C=O) groups excluding carboxylic acids is 1. The monoisotopic (exact) mass is 225 g/mol.